The highest BCUT2D eigenvalue weighted by molar-refractivity contribution is 5.77. The SMILES string of the molecule is CCCCNC(=O)N1CCN(C(C)c2nc3ccccc3c(=O)n2Cc2ccccc2)CC1. The van der Waals surface area contributed by atoms with Gasteiger partial charge in [0.2, 0.25) is 0 Å². The topological polar surface area (TPSA) is 70.5 Å². The number of amides is 2. The van der Waals surface area contributed by atoms with Crippen LogP contribution in [0.3, 0.4) is 0 Å². The predicted molar refractivity (Wildman–Crippen MR) is 131 cm³/mol. The molecular weight excluding hydrogens is 414 g/mol. The molecule has 0 bridgehead atoms. The average molecular weight is 448 g/mol. The number of carbonyl (C=O) groups is 1. The fourth-order valence-corrected chi connectivity index (χ4v) is 4.38. The number of benzene rings is 2. The number of urea groups is 1. The number of fused-ring (bicyclic) bond motifs is 1. The number of nitrogens with one attached hydrogen (secondary N) is 1. The molecule has 1 saturated heterocycles. The maximum atomic E-state index is 13.5. The van der Waals surface area contributed by atoms with Crippen molar-refractivity contribution in [1.82, 2.24) is 24.7 Å². The van der Waals surface area contributed by atoms with Crippen LogP contribution < -0.4 is 10.9 Å². The lowest BCUT2D eigenvalue weighted by atomic mass is 10.1. The summed E-state index contributed by atoms with van der Waals surface area (Å²) in [6.07, 6.45) is 2.06. The summed E-state index contributed by atoms with van der Waals surface area (Å²) in [6.45, 7) is 8.25. The van der Waals surface area contributed by atoms with E-state index in [9.17, 15) is 9.59 Å². The van der Waals surface area contributed by atoms with Crippen molar-refractivity contribution in [2.75, 3.05) is 32.7 Å². The Morgan fingerprint density at radius 2 is 1.73 bits per heavy atom. The molecule has 4 rings (SSSR count). The molecule has 1 aromatic heterocycles. The lowest BCUT2D eigenvalue weighted by Crippen LogP contribution is -2.52. The number of nitrogens with zero attached hydrogens (tertiary/aromatic N) is 4. The van der Waals surface area contributed by atoms with Crippen LogP contribution in [0, 0.1) is 0 Å². The van der Waals surface area contributed by atoms with Gasteiger partial charge in [0.1, 0.15) is 5.82 Å². The van der Waals surface area contributed by atoms with Crippen molar-refractivity contribution in [3.8, 4) is 0 Å². The van der Waals surface area contributed by atoms with Crippen molar-refractivity contribution in [3.63, 3.8) is 0 Å². The fraction of sp³-hybridized carbons (Fsp3) is 0.423. The van der Waals surface area contributed by atoms with Gasteiger partial charge in [0.25, 0.3) is 5.56 Å². The van der Waals surface area contributed by atoms with Crippen molar-refractivity contribution in [3.05, 3.63) is 76.3 Å². The van der Waals surface area contributed by atoms with Gasteiger partial charge in [-0.1, -0.05) is 55.8 Å². The number of hydrogen-bond donors (Lipinski definition) is 1. The number of rotatable bonds is 7. The number of piperazine rings is 1. The zero-order chi connectivity index (χ0) is 23.2. The fourth-order valence-electron chi connectivity index (χ4n) is 4.38. The van der Waals surface area contributed by atoms with Crippen molar-refractivity contribution in [2.24, 2.45) is 0 Å². The van der Waals surface area contributed by atoms with Crippen molar-refractivity contribution in [2.45, 2.75) is 39.3 Å². The second-order valence-corrected chi connectivity index (χ2v) is 8.65. The predicted octanol–water partition coefficient (Wildman–Crippen LogP) is 3.63. The van der Waals surface area contributed by atoms with E-state index >= 15 is 0 Å². The van der Waals surface area contributed by atoms with Crippen LogP contribution >= 0.6 is 0 Å². The zero-order valence-electron chi connectivity index (χ0n) is 19.5. The van der Waals surface area contributed by atoms with Crippen LogP contribution in [0.15, 0.2) is 59.4 Å². The molecule has 1 aliphatic heterocycles. The molecule has 0 saturated carbocycles. The number of carbonyl (C=O) groups excluding carboxylic acids is 1. The first-order valence-corrected chi connectivity index (χ1v) is 11.9. The van der Waals surface area contributed by atoms with Crippen molar-refractivity contribution in [1.29, 1.82) is 0 Å². The molecule has 2 heterocycles. The molecule has 0 spiro atoms. The van der Waals surface area contributed by atoms with Crippen LogP contribution in [0.4, 0.5) is 4.79 Å². The Bertz CT molecular complexity index is 1140. The number of hydrogen-bond acceptors (Lipinski definition) is 4. The molecule has 3 aromatic rings. The van der Waals surface area contributed by atoms with Gasteiger partial charge in [-0.2, -0.15) is 0 Å². The molecule has 1 fully saturated rings. The molecule has 33 heavy (non-hydrogen) atoms. The summed E-state index contributed by atoms with van der Waals surface area (Å²) in [7, 11) is 0. The van der Waals surface area contributed by atoms with E-state index in [1.54, 1.807) is 0 Å². The van der Waals surface area contributed by atoms with E-state index in [-0.39, 0.29) is 17.6 Å². The van der Waals surface area contributed by atoms with Crippen LogP contribution in [0.2, 0.25) is 0 Å². The highest BCUT2D eigenvalue weighted by Crippen LogP contribution is 2.22. The Kier molecular flexibility index (Phi) is 7.40. The minimum absolute atomic E-state index is 0.0137. The summed E-state index contributed by atoms with van der Waals surface area (Å²) in [4.78, 5) is 35.0. The molecular formula is C26H33N5O2. The Balaban J connectivity index is 1.56. The number of aromatic nitrogens is 2. The molecule has 1 N–H and O–H groups in total. The van der Waals surface area contributed by atoms with Gasteiger partial charge < -0.3 is 10.2 Å². The molecule has 2 aromatic carbocycles. The minimum Gasteiger partial charge on any atom is -0.338 e. The van der Waals surface area contributed by atoms with Gasteiger partial charge in [0.15, 0.2) is 0 Å². The number of unbranched alkanes of at least 4 members (excludes halogenated alkanes) is 1. The first-order valence-electron chi connectivity index (χ1n) is 11.9. The summed E-state index contributed by atoms with van der Waals surface area (Å²) >= 11 is 0. The Hall–Kier alpha value is -3.19. The summed E-state index contributed by atoms with van der Waals surface area (Å²) in [5.74, 6) is 0.767. The van der Waals surface area contributed by atoms with Gasteiger partial charge in [0.05, 0.1) is 23.5 Å². The highest BCUT2D eigenvalue weighted by atomic mass is 16.2. The van der Waals surface area contributed by atoms with Gasteiger partial charge in [-0.05, 0) is 31.0 Å². The van der Waals surface area contributed by atoms with Crippen LogP contribution in [-0.2, 0) is 6.54 Å². The van der Waals surface area contributed by atoms with E-state index in [1.165, 1.54) is 0 Å². The van der Waals surface area contributed by atoms with Crippen molar-refractivity contribution < 1.29 is 4.79 Å². The molecule has 7 heteroatoms. The normalized spacial score (nSPS) is 15.5. The summed E-state index contributed by atoms with van der Waals surface area (Å²) in [6, 6.07) is 17.5. The molecule has 0 aliphatic carbocycles. The lowest BCUT2D eigenvalue weighted by Gasteiger charge is -2.38. The van der Waals surface area contributed by atoms with Crippen LogP contribution in [0.25, 0.3) is 10.9 Å². The molecule has 2 amide bonds. The molecule has 174 valence electrons. The quantitative estimate of drug-likeness (QED) is 0.562. The van der Waals surface area contributed by atoms with Gasteiger partial charge >= 0.3 is 6.03 Å². The Labute approximate surface area is 195 Å². The Morgan fingerprint density at radius 3 is 2.45 bits per heavy atom. The molecule has 1 aliphatic rings. The lowest BCUT2D eigenvalue weighted by molar-refractivity contribution is 0.109. The van der Waals surface area contributed by atoms with Gasteiger partial charge in [-0.15, -0.1) is 0 Å². The number of para-hydroxylation sites is 1. The summed E-state index contributed by atoms with van der Waals surface area (Å²) < 4.78 is 1.81. The van der Waals surface area contributed by atoms with Gasteiger partial charge in [0, 0.05) is 32.7 Å². The molecule has 1 atom stereocenters. The van der Waals surface area contributed by atoms with Crippen LogP contribution in [0.5, 0.6) is 0 Å². The van der Waals surface area contributed by atoms with E-state index in [0.717, 1.165) is 49.4 Å². The second-order valence-electron chi connectivity index (χ2n) is 8.65. The molecule has 1 unspecified atom stereocenters. The van der Waals surface area contributed by atoms with Crippen LogP contribution in [0.1, 0.15) is 44.1 Å². The first kappa shape index (κ1) is 23.0. The van der Waals surface area contributed by atoms with E-state index in [0.29, 0.717) is 25.0 Å². The molecule has 7 nitrogen and oxygen atoms in total. The van der Waals surface area contributed by atoms with Gasteiger partial charge in [-0.3, -0.25) is 14.3 Å². The largest absolute Gasteiger partial charge is 0.338 e. The summed E-state index contributed by atoms with van der Waals surface area (Å²) in [5, 5.41) is 3.64. The molecule has 0 radical (unpaired) electrons. The van der Waals surface area contributed by atoms with E-state index in [2.05, 4.69) is 24.1 Å². The van der Waals surface area contributed by atoms with E-state index in [4.69, 9.17) is 4.98 Å². The minimum atomic E-state index is -0.0451. The third-order valence-corrected chi connectivity index (χ3v) is 6.40. The summed E-state index contributed by atoms with van der Waals surface area (Å²) in [5.41, 5.74) is 1.78. The van der Waals surface area contributed by atoms with Crippen molar-refractivity contribution >= 4 is 16.9 Å². The van der Waals surface area contributed by atoms with E-state index < -0.39 is 0 Å². The van der Waals surface area contributed by atoms with Crippen LogP contribution in [-0.4, -0.2) is 58.1 Å². The Morgan fingerprint density at radius 1 is 1.03 bits per heavy atom. The van der Waals surface area contributed by atoms with Gasteiger partial charge in [-0.25, -0.2) is 9.78 Å². The standard InChI is InChI=1S/C26H33N5O2/c1-3-4-14-27-26(33)30-17-15-29(16-18-30)20(2)24-28-23-13-9-8-12-22(23)25(32)31(24)19-21-10-6-5-7-11-21/h5-13,20H,3-4,14-19H2,1-2H3,(H,27,33). The monoisotopic (exact) mass is 447 g/mol. The van der Waals surface area contributed by atoms with E-state index in [1.807, 2.05) is 64.1 Å². The maximum Gasteiger partial charge on any atom is 0.317 e. The third-order valence-electron chi connectivity index (χ3n) is 6.40. The maximum absolute atomic E-state index is 13.5. The first-order chi connectivity index (χ1) is 16.1. The smallest absolute Gasteiger partial charge is 0.317 e. The highest BCUT2D eigenvalue weighted by Gasteiger charge is 2.27. The average Bonchev–Trinajstić information content (AvgIpc) is 2.86. The zero-order valence-corrected chi connectivity index (χ0v) is 19.5. The second kappa shape index (κ2) is 10.6. The third kappa shape index (κ3) is 5.25.